The summed E-state index contributed by atoms with van der Waals surface area (Å²) in [6.45, 7) is 5.96. The van der Waals surface area contributed by atoms with Crippen LogP contribution in [0, 0.1) is 20.8 Å². The molecule has 1 rings (SSSR count). The van der Waals surface area contributed by atoms with Gasteiger partial charge in [-0.2, -0.15) is 0 Å². The van der Waals surface area contributed by atoms with Crippen LogP contribution in [-0.2, 0) is 0 Å². The van der Waals surface area contributed by atoms with Crippen LogP contribution >= 0.6 is 0 Å². The predicted octanol–water partition coefficient (Wildman–Crippen LogP) is 1.61. The molecule has 3 heteroatoms. The molecule has 0 bridgehead atoms. The van der Waals surface area contributed by atoms with Gasteiger partial charge in [0.2, 0.25) is 0 Å². The summed E-state index contributed by atoms with van der Waals surface area (Å²) < 4.78 is 5.27. The number of hydrogen-bond acceptors (Lipinski definition) is 3. The summed E-state index contributed by atoms with van der Waals surface area (Å²) in [6, 6.07) is 1.65. The highest BCUT2D eigenvalue weighted by molar-refractivity contribution is 5.49. The third-order valence-electron chi connectivity index (χ3n) is 2.90. The van der Waals surface area contributed by atoms with E-state index in [4.69, 9.17) is 15.6 Å². The number of ether oxygens (including phenoxy) is 1. The first kappa shape index (κ1) is 12.0. The maximum absolute atomic E-state index is 9.10. The van der Waals surface area contributed by atoms with E-state index in [1.807, 2.05) is 26.8 Å². The Bertz CT molecular complexity index is 361. The summed E-state index contributed by atoms with van der Waals surface area (Å²) in [5.74, 6) is 0.874. The van der Waals surface area contributed by atoms with Crippen LogP contribution in [0.25, 0.3) is 0 Å². The molecule has 1 atom stereocenters. The van der Waals surface area contributed by atoms with E-state index >= 15 is 0 Å². The fraction of sp³-hybridized carbons (Fsp3) is 0.500. The van der Waals surface area contributed by atoms with Crippen molar-refractivity contribution in [2.24, 2.45) is 5.73 Å². The zero-order chi connectivity index (χ0) is 11.6. The van der Waals surface area contributed by atoms with Gasteiger partial charge in [0.25, 0.3) is 0 Å². The molecule has 3 nitrogen and oxygen atoms in total. The molecule has 0 saturated carbocycles. The van der Waals surface area contributed by atoms with Gasteiger partial charge in [-0.05, 0) is 49.1 Å². The molecule has 0 radical (unpaired) electrons. The summed E-state index contributed by atoms with van der Waals surface area (Å²) in [4.78, 5) is 0. The molecule has 0 saturated heterocycles. The van der Waals surface area contributed by atoms with Crippen molar-refractivity contribution in [1.82, 2.24) is 0 Å². The van der Waals surface area contributed by atoms with Gasteiger partial charge >= 0.3 is 0 Å². The summed E-state index contributed by atoms with van der Waals surface area (Å²) in [6.07, 6.45) is 0. The number of nitrogens with two attached hydrogens (primary N) is 1. The molecule has 0 aliphatic carbocycles. The SMILES string of the molecule is COc1cc(C)c(C(N)CO)c(C)c1C. The van der Waals surface area contributed by atoms with Gasteiger partial charge in [0.1, 0.15) is 5.75 Å². The van der Waals surface area contributed by atoms with Crippen molar-refractivity contribution in [3.8, 4) is 5.75 Å². The minimum atomic E-state index is -0.311. The second-order valence-corrected chi connectivity index (χ2v) is 3.85. The summed E-state index contributed by atoms with van der Waals surface area (Å²) in [5, 5.41) is 9.10. The first-order valence-corrected chi connectivity index (χ1v) is 5.04. The van der Waals surface area contributed by atoms with Gasteiger partial charge in [0.15, 0.2) is 0 Å². The number of benzene rings is 1. The monoisotopic (exact) mass is 209 g/mol. The van der Waals surface area contributed by atoms with Crippen LogP contribution in [-0.4, -0.2) is 18.8 Å². The molecule has 84 valence electrons. The molecule has 1 aromatic carbocycles. The Kier molecular flexibility index (Phi) is 3.72. The normalized spacial score (nSPS) is 12.7. The number of aliphatic hydroxyl groups excluding tert-OH is 1. The average molecular weight is 209 g/mol. The zero-order valence-corrected chi connectivity index (χ0v) is 9.79. The first-order valence-electron chi connectivity index (χ1n) is 5.04. The van der Waals surface area contributed by atoms with Crippen LogP contribution in [0.5, 0.6) is 5.75 Å². The minimum Gasteiger partial charge on any atom is -0.496 e. The zero-order valence-electron chi connectivity index (χ0n) is 9.79. The van der Waals surface area contributed by atoms with Gasteiger partial charge in [0, 0.05) is 0 Å². The van der Waals surface area contributed by atoms with E-state index in [2.05, 4.69) is 0 Å². The molecule has 0 spiro atoms. The molecular formula is C12H19NO2. The van der Waals surface area contributed by atoms with Crippen molar-refractivity contribution in [2.75, 3.05) is 13.7 Å². The van der Waals surface area contributed by atoms with Crippen molar-refractivity contribution < 1.29 is 9.84 Å². The number of aliphatic hydroxyl groups is 1. The van der Waals surface area contributed by atoms with Crippen molar-refractivity contribution >= 4 is 0 Å². The molecule has 1 aromatic rings. The largest absolute Gasteiger partial charge is 0.496 e. The molecule has 1 unspecified atom stereocenters. The molecule has 0 amide bonds. The van der Waals surface area contributed by atoms with Crippen LogP contribution in [0.15, 0.2) is 6.07 Å². The van der Waals surface area contributed by atoms with Crippen LogP contribution in [0.2, 0.25) is 0 Å². The third kappa shape index (κ3) is 2.13. The number of methoxy groups -OCH3 is 1. The maximum atomic E-state index is 9.10. The third-order valence-corrected chi connectivity index (χ3v) is 2.90. The second-order valence-electron chi connectivity index (χ2n) is 3.85. The number of hydrogen-bond donors (Lipinski definition) is 2. The van der Waals surface area contributed by atoms with Gasteiger partial charge in [-0.3, -0.25) is 0 Å². The molecule has 0 aliphatic rings. The van der Waals surface area contributed by atoms with E-state index in [1.165, 1.54) is 0 Å². The maximum Gasteiger partial charge on any atom is 0.122 e. The predicted molar refractivity (Wildman–Crippen MR) is 61.2 cm³/mol. The molecule has 0 heterocycles. The highest BCUT2D eigenvalue weighted by Crippen LogP contribution is 2.30. The molecule has 3 N–H and O–H groups in total. The quantitative estimate of drug-likeness (QED) is 0.795. The molecular weight excluding hydrogens is 190 g/mol. The van der Waals surface area contributed by atoms with Crippen LogP contribution < -0.4 is 10.5 Å². The van der Waals surface area contributed by atoms with Crippen LogP contribution in [0.3, 0.4) is 0 Å². The number of aryl methyl sites for hydroxylation is 1. The van der Waals surface area contributed by atoms with Gasteiger partial charge in [-0.25, -0.2) is 0 Å². The lowest BCUT2D eigenvalue weighted by atomic mass is 9.93. The average Bonchev–Trinajstić information content (AvgIpc) is 2.23. The molecule has 0 fully saturated rings. The Morgan fingerprint density at radius 1 is 1.33 bits per heavy atom. The lowest BCUT2D eigenvalue weighted by Gasteiger charge is -2.19. The molecule has 15 heavy (non-hydrogen) atoms. The van der Waals surface area contributed by atoms with Gasteiger partial charge in [-0.15, -0.1) is 0 Å². The van der Waals surface area contributed by atoms with E-state index in [1.54, 1.807) is 7.11 Å². The van der Waals surface area contributed by atoms with Crippen molar-refractivity contribution in [3.05, 3.63) is 28.3 Å². The van der Waals surface area contributed by atoms with E-state index < -0.39 is 0 Å². The standard InChI is InChI=1S/C12H19NO2/c1-7-5-11(15-4)8(2)9(3)12(7)10(13)6-14/h5,10,14H,6,13H2,1-4H3. The Morgan fingerprint density at radius 3 is 2.40 bits per heavy atom. The fourth-order valence-corrected chi connectivity index (χ4v) is 1.94. The van der Waals surface area contributed by atoms with Crippen molar-refractivity contribution in [3.63, 3.8) is 0 Å². The van der Waals surface area contributed by atoms with Crippen molar-refractivity contribution in [2.45, 2.75) is 26.8 Å². The topological polar surface area (TPSA) is 55.5 Å². The fourth-order valence-electron chi connectivity index (χ4n) is 1.94. The highest BCUT2D eigenvalue weighted by Gasteiger charge is 2.15. The second kappa shape index (κ2) is 4.64. The summed E-state index contributed by atoms with van der Waals surface area (Å²) >= 11 is 0. The van der Waals surface area contributed by atoms with Gasteiger partial charge < -0.3 is 15.6 Å². The lowest BCUT2D eigenvalue weighted by Crippen LogP contribution is -2.18. The summed E-state index contributed by atoms with van der Waals surface area (Å²) in [5.41, 5.74) is 10.1. The Labute approximate surface area is 90.9 Å². The van der Waals surface area contributed by atoms with E-state index in [0.29, 0.717) is 0 Å². The van der Waals surface area contributed by atoms with E-state index in [-0.39, 0.29) is 12.6 Å². The summed E-state index contributed by atoms with van der Waals surface area (Å²) in [7, 11) is 1.66. The van der Waals surface area contributed by atoms with E-state index in [0.717, 1.165) is 28.0 Å². The highest BCUT2D eigenvalue weighted by atomic mass is 16.5. The first-order chi connectivity index (χ1) is 7.02. The smallest absolute Gasteiger partial charge is 0.122 e. The Hall–Kier alpha value is -1.06. The lowest BCUT2D eigenvalue weighted by molar-refractivity contribution is 0.267. The van der Waals surface area contributed by atoms with Gasteiger partial charge in [-0.1, -0.05) is 0 Å². The Morgan fingerprint density at radius 2 is 1.93 bits per heavy atom. The minimum absolute atomic E-state index is 0.0343. The van der Waals surface area contributed by atoms with Gasteiger partial charge in [0.05, 0.1) is 19.8 Å². The number of rotatable bonds is 3. The molecule has 0 aromatic heterocycles. The van der Waals surface area contributed by atoms with E-state index in [9.17, 15) is 0 Å². The van der Waals surface area contributed by atoms with Crippen molar-refractivity contribution in [1.29, 1.82) is 0 Å². The molecule has 0 aliphatic heterocycles. The van der Waals surface area contributed by atoms with Crippen LogP contribution in [0.4, 0.5) is 0 Å². The Balaban J connectivity index is 3.35. The van der Waals surface area contributed by atoms with Crippen LogP contribution in [0.1, 0.15) is 28.3 Å².